The van der Waals surface area contributed by atoms with Gasteiger partial charge >= 0.3 is 0 Å². The number of hydrogen-bond donors (Lipinski definition) is 1. The lowest BCUT2D eigenvalue weighted by Gasteiger charge is -2.33. The van der Waals surface area contributed by atoms with Gasteiger partial charge in [-0.1, -0.05) is 37.3 Å². The zero-order valence-corrected chi connectivity index (χ0v) is 22.1. The lowest BCUT2D eigenvalue weighted by Crippen LogP contribution is -2.54. The average Bonchev–Trinajstić information content (AvgIpc) is 2.84. The normalized spacial score (nSPS) is 13.7. The van der Waals surface area contributed by atoms with Crippen molar-refractivity contribution in [3.05, 3.63) is 54.1 Å². The first-order valence-corrected chi connectivity index (χ1v) is 14.0. The molecule has 1 heterocycles. The second kappa shape index (κ2) is 12.1. The standard InChI is InChI=1S/C26H35N3O6S/c1-5-22(26(31)27-19(2)3)28(14-13-20-9-7-6-8-10-20)25(30)18-29(36(4,32)33)21-11-12-23-24(17-21)35-16-15-34-23/h6-12,17,19,22H,5,13-16,18H2,1-4H3,(H,27,31)/t22-/m0/s1. The molecule has 1 aliphatic heterocycles. The van der Waals surface area contributed by atoms with Crippen molar-refractivity contribution in [2.75, 3.05) is 36.9 Å². The van der Waals surface area contributed by atoms with E-state index in [0.717, 1.165) is 16.1 Å². The number of nitrogens with zero attached hydrogens (tertiary/aromatic N) is 2. The van der Waals surface area contributed by atoms with Crippen LogP contribution in [0.2, 0.25) is 0 Å². The fourth-order valence-corrected chi connectivity index (χ4v) is 4.92. The number of amides is 2. The Morgan fingerprint density at radius 2 is 1.69 bits per heavy atom. The molecular formula is C26H35N3O6S. The molecule has 0 fully saturated rings. The van der Waals surface area contributed by atoms with Crippen molar-refractivity contribution in [3.63, 3.8) is 0 Å². The van der Waals surface area contributed by atoms with Crippen molar-refractivity contribution in [2.45, 2.75) is 45.7 Å². The van der Waals surface area contributed by atoms with Gasteiger partial charge in [0.1, 0.15) is 25.8 Å². The lowest BCUT2D eigenvalue weighted by molar-refractivity contribution is -0.139. The molecular weight excluding hydrogens is 482 g/mol. The fraction of sp³-hybridized carbons (Fsp3) is 0.462. The number of sulfonamides is 1. The molecule has 2 aromatic carbocycles. The second-order valence-corrected chi connectivity index (χ2v) is 10.9. The first-order chi connectivity index (χ1) is 17.1. The smallest absolute Gasteiger partial charge is 0.244 e. The van der Waals surface area contributed by atoms with E-state index in [1.165, 1.54) is 4.90 Å². The monoisotopic (exact) mass is 517 g/mol. The van der Waals surface area contributed by atoms with E-state index < -0.39 is 28.5 Å². The summed E-state index contributed by atoms with van der Waals surface area (Å²) in [6.07, 6.45) is 1.97. The molecule has 1 aliphatic rings. The summed E-state index contributed by atoms with van der Waals surface area (Å²) in [6.45, 7) is 6.13. The third-order valence-electron chi connectivity index (χ3n) is 5.79. The molecule has 0 spiro atoms. The number of hydrogen-bond acceptors (Lipinski definition) is 6. The third kappa shape index (κ3) is 7.13. The molecule has 36 heavy (non-hydrogen) atoms. The van der Waals surface area contributed by atoms with Gasteiger partial charge in [-0.3, -0.25) is 13.9 Å². The Balaban J connectivity index is 1.90. The average molecular weight is 518 g/mol. The van der Waals surface area contributed by atoms with E-state index in [0.29, 0.717) is 37.6 Å². The quantitative estimate of drug-likeness (QED) is 0.491. The number of carbonyl (C=O) groups excluding carboxylic acids is 2. The Morgan fingerprint density at radius 3 is 2.31 bits per heavy atom. The van der Waals surface area contributed by atoms with Crippen LogP contribution in [0.1, 0.15) is 32.8 Å². The van der Waals surface area contributed by atoms with Gasteiger partial charge < -0.3 is 19.7 Å². The van der Waals surface area contributed by atoms with Crippen LogP contribution in [-0.4, -0.2) is 69.8 Å². The van der Waals surface area contributed by atoms with E-state index >= 15 is 0 Å². The molecule has 10 heteroatoms. The molecule has 3 rings (SSSR count). The summed E-state index contributed by atoms with van der Waals surface area (Å²) in [5.41, 5.74) is 1.30. The molecule has 0 bridgehead atoms. The molecule has 196 valence electrons. The molecule has 1 atom stereocenters. The summed E-state index contributed by atoms with van der Waals surface area (Å²) in [7, 11) is -3.82. The predicted octanol–water partition coefficient (Wildman–Crippen LogP) is 2.60. The van der Waals surface area contributed by atoms with Crippen LogP contribution >= 0.6 is 0 Å². The highest BCUT2D eigenvalue weighted by atomic mass is 32.2. The van der Waals surface area contributed by atoms with Gasteiger partial charge in [-0.15, -0.1) is 0 Å². The van der Waals surface area contributed by atoms with Crippen molar-refractivity contribution in [3.8, 4) is 11.5 Å². The van der Waals surface area contributed by atoms with Crippen LogP contribution < -0.4 is 19.1 Å². The van der Waals surface area contributed by atoms with E-state index in [1.807, 2.05) is 51.1 Å². The largest absolute Gasteiger partial charge is 0.486 e. The summed E-state index contributed by atoms with van der Waals surface area (Å²) < 4.78 is 37.7. The van der Waals surface area contributed by atoms with Gasteiger partial charge in [-0.05, 0) is 44.4 Å². The lowest BCUT2D eigenvalue weighted by atomic mass is 10.1. The molecule has 1 N–H and O–H groups in total. The second-order valence-electron chi connectivity index (χ2n) is 9.01. The van der Waals surface area contributed by atoms with Crippen LogP contribution in [0.15, 0.2) is 48.5 Å². The summed E-state index contributed by atoms with van der Waals surface area (Å²) >= 11 is 0. The van der Waals surface area contributed by atoms with E-state index in [9.17, 15) is 18.0 Å². The molecule has 0 saturated heterocycles. The van der Waals surface area contributed by atoms with Crippen LogP contribution in [0.5, 0.6) is 11.5 Å². The minimum atomic E-state index is -3.82. The maximum absolute atomic E-state index is 13.7. The van der Waals surface area contributed by atoms with E-state index in [1.54, 1.807) is 18.2 Å². The number of carbonyl (C=O) groups is 2. The number of nitrogens with one attached hydrogen (secondary N) is 1. The van der Waals surface area contributed by atoms with Crippen molar-refractivity contribution in [1.29, 1.82) is 0 Å². The van der Waals surface area contributed by atoms with Crippen molar-refractivity contribution >= 4 is 27.5 Å². The molecule has 0 unspecified atom stereocenters. The highest BCUT2D eigenvalue weighted by Crippen LogP contribution is 2.34. The van der Waals surface area contributed by atoms with E-state index in [-0.39, 0.29) is 24.2 Å². The van der Waals surface area contributed by atoms with E-state index in [2.05, 4.69) is 5.32 Å². The maximum Gasteiger partial charge on any atom is 0.244 e. The van der Waals surface area contributed by atoms with Crippen LogP contribution in [0.3, 0.4) is 0 Å². The zero-order valence-electron chi connectivity index (χ0n) is 21.3. The first kappa shape index (κ1) is 27.3. The SMILES string of the molecule is CC[C@@H](C(=O)NC(C)C)N(CCc1ccccc1)C(=O)CN(c1ccc2c(c1)OCCO2)S(C)(=O)=O. The van der Waals surface area contributed by atoms with Crippen molar-refractivity contribution in [2.24, 2.45) is 0 Å². The highest BCUT2D eigenvalue weighted by Gasteiger charge is 2.32. The minimum absolute atomic E-state index is 0.0946. The Morgan fingerprint density at radius 1 is 1.03 bits per heavy atom. The van der Waals surface area contributed by atoms with Gasteiger partial charge in [-0.2, -0.15) is 0 Å². The summed E-state index contributed by atoms with van der Waals surface area (Å²) in [4.78, 5) is 28.1. The summed E-state index contributed by atoms with van der Waals surface area (Å²) in [6, 6.07) is 13.6. The molecule has 2 amide bonds. The van der Waals surface area contributed by atoms with Crippen LogP contribution in [-0.2, 0) is 26.0 Å². The molecule has 0 aromatic heterocycles. The van der Waals surface area contributed by atoms with Gasteiger partial charge in [-0.25, -0.2) is 8.42 Å². The highest BCUT2D eigenvalue weighted by molar-refractivity contribution is 7.92. The molecule has 9 nitrogen and oxygen atoms in total. The van der Waals surface area contributed by atoms with E-state index in [4.69, 9.17) is 9.47 Å². The molecule has 0 aliphatic carbocycles. The topological polar surface area (TPSA) is 105 Å². The number of fused-ring (bicyclic) bond motifs is 1. The van der Waals surface area contributed by atoms with Crippen molar-refractivity contribution in [1.82, 2.24) is 10.2 Å². The summed E-state index contributed by atoms with van der Waals surface area (Å²) in [5, 5.41) is 2.88. The Kier molecular flexibility index (Phi) is 9.19. The first-order valence-electron chi connectivity index (χ1n) is 12.1. The number of benzene rings is 2. The Bertz CT molecular complexity index is 1150. The minimum Gasteiger partial charge on any atom is -0.486 e. The number of ether oxygens (including phenoxy) is 2. The van der Waals surface area contributed by atoms with Gasteiger partial charge in [0.15, 0.2) is 11.5 Å². The van der Waals surface area contributed by atoms with Gasteiger partial charge in [0.05, 0.1) is 11.9 Å². The molecule has 0 radical (unpaired) electrons. The van der Waals surface area contributed by atoms with Crippen molar-refractivity contribution < 1.29 is 27.5 Å². The third-order valence-corrected chi connectivity index (χ3v) is 6.93. The van der Waals surface area contributed by atoms with Gasteiger partial charge in [0.2, 0.25) is 21.8 Å². The summed E-state index contributed by atoms with van der Waals surface area (Å²) in [5.74, 6) is 0.213. The fourth-order valence-electron chi connectivity index (χ4n) is 4.08. The zero-order chi connectivity index (χ0) is 26.3. The van der Waals surface area contributed by atoms with Crippen LogP contribution in [0, 0.1) is 0 Å². The molecule has 0 saturated carbocycles. The molecule has 2 aromatic rings. The van der Waals surface area contributed by atoms with Gasteiger partial charge in [0.25, 0.3) is 0 Å². The van der Waals surface area contributed by atoms with Crippen LogP contribution in [0.4, 0.5) is 5.69 Å². The van der Waals surface area contributed by atoms with Crippen LogP contribution in [0.25, 0.3) is 0 Å². The Hall–Kier alpha value is -3.27. The number of anilines is 1. The maximum atomic E-state index is 13.7. The Labute approximate surface area is 213 Å². The number of rotatable bonds is 11. The van der Waals surface area contributed by atoms with Gasteiger partial charge in [0, 0.05) is 18.7 Å². The predicted molar refractivity (Wildman–Crippen MR) is 139 cm³/mol.